The third-order valence-corrected chi connectivity index (χ3v) is 5.61. The fourth-order valence-electron chi connectivity index (χ4n) is 3.71. The maximum absolute atomic E-state index is 11.7. The molecule has 3 aromatic rings. The molecule has 0 aliphatic carbocycles. The molecule has 0 saturated carbocycles. The number of aliphatic hydroxyl groups is 1. The number of benzene rings is 2. The van der Waals surface area contributed by atoms with Gasteiger partial charge in [0.05, 0.1) is 6.42 Å². The second-order valence-electron chi connectivity index (χ2n) is 6.24. The number of hydrogen-bond acceptors (Lipinski definition) is 2. The molecular formula is C21H20BrNOS. The normalized spacial score (nSPS) is 21.4. The van der Waals surface area contributed by atoms with Gasteiger partial charge in [-0.3, -0.25) is 0 Å². The maximum Gasteiger partial charge on any atom is 0.216 e. The van der Waals surface area contributed by atoms with Crippen molar-refractivity contribution >= 4 is 11.8 Å². The molecule has 2 aromatic carbocycles. The zero-order valence-corrected chi connectivity index (χ0v) is 16.4. The third kappa shape index (κ3) is 3.14. The van der Waals surface area contributed by atoms with E-state index < -0.39 is 5.60 Å². The van der Waals surface area contributed by atoms with E-state index in [1.807, 2.05) is 30.3 Å². The minimum atomic E-state index is -0.938. The molecule has 0 amide bonds. The number of halogens is 1. The van der Waals surface area contributed by atoms with Gasteiger partial charge in [-0.25, -0.2) is 0 Å². The molecule has 128 valence electrons. The number of thioether (sulfide) groups is 1. The monoisotopic (exact) mass is 413 g/mol. The Bertz CT molecular complexity index is 853. The van der Waals surface area contributed by atoms with Gasteiger partial charge in [0.15, 0.2) is 17.5 Å². The molecule has 2 unspecified atom stereocenters. The lowest BCUT2D eigenvalue weighted by Gasteiger charge is -2.26. The molecular weight excluding hydrogens is 394 g/mol. The van der Waals surface area contributed by atoms with Crippen LogP contribution >= 0.6 is 11.8 Å². The van der Waals surface area contributed by atoms with Crippen molar-refractivity contribution in [2.24, 2.45) is 0 Å². The third-order valence-electron chi connectivity index (χ3n) is 4.86. The lowest BCUT2D eigenvalue weighted by molar-refractivity contribution is -0.717. The first-order valence-corrected chi connectivity index (χ1v) is 9.36. The molecule has 0 bridgehead atoms. The molecule has 0 radical (unpaired) electrons. The highest BCUT2D eigenvalue weighted by Gasteiger charge is 2.53. The molecule has 0 fully saturated rings. The van der Waals surface area contributed by atoms with Crippen molar-refractivity contribution in [3.8, 4) is 0 Å². The molecule has 2 nitrogen and oxygen atoms in total. The van der Waals surface area contributed by atoms with E-state index in [-0.39, 0.29) is 23.0 Å². The molecule has 2 heterocycles. The molecule has 1 aliphatic heterocycles. The smallest absolute Gasteiger partial charge is 0.216 e. The van der Waals surface area contributed by atoms with Gasteiger partial charge in [-0.1, -0.05) is 48.5 Å². The summed E-state index contributed by atoms with van der Waals surface area (Å²) in [4.78, 5) is 1.21. The van der Waals surface area contributed by atoms with Crippen molar-refractivity contribution in [1.29, 1.82) is 0 Å². The topological polar surface area (TPSA) is 24.1 Å². The summed E-state index contributed by atoms with van der Waals surface area (Å²) in [6.07, 6.45) is 4.75. The first-order chi connectivity index (χ1) is 11.7. The number of nitrogens with zero attached hydrogens (tertiary/aromatic N) is 1. The van der Waals surface area contributed by atoms with E-state index >= 15 is 0 Å². The molecule has 1 aliphatic rings. The van der Waals surface area contributed by atoms with Crippen LogP contribution in [0.3, 0.4) is 0 Å². The Hall–Kier alpha value is -1.62. The molecule has 4 rings (SSSR count). The first-order valence-electron chi connectivity index (χ1n) is 8.13. The summed E-state index contributed by atoms with van der Waals surface area (Å²) in [6, 6.07) is 24.6. The minimum Gasteiger partial charge on any atom is -1.00 e. The van der Waals surface area contributed by atoms with Gasteiger partial charge in [0, 0.05) is 22.6 Å². The molecule has 1 aromatic heterocycles. The van der Waals surface area contributed by atoms with Gasteiger partial charge in [0.25, 0.3) is 0 Å². The highest BCUT2D eigenvalue weighted by Crippen LogP contribution is 2.42. The van der Waals surface area contributed by atoms with E-state index in [1.54, 1.807) is 11.8 Å². The summed E-state index contributed by atoms with van der Waals surface area (Å²) >= 11 is 1.72. The van der Waals surface area contributed by atoms with Crippen molar-refractivity contribution in [1.82, 2.24) is 0 Å². The fraction of sp³-hybridized carbons (Fsp3) is 0.190. The number of fused-ring (bicyclic) bond motifs is 1. The second-order valence-corrected chi connectivity index (χ2v) is 7.12. The molecule has 1 N–H and O–H groups in total. The predicted octanol–water partition coefficient (Wildman–Crippen LogP) is 0.733. The zero-order valence-electron chi connectivity index (χ0n) is 14.0. The largest absolute Gasteiger partial charge is 1.00 e. The number of pyridine rings is 1. The van der Waals surface area contributed by atoms with Crippen LogP contribution in [0.25, 0.3) is 0 Å². The fourth-order valence-corrected chi connectivity index (χ4v) is 4.12. The maximum atomic E-state index is 11.7. The lowest BCUT2D eigenvalue weighted by Crippen LogP contribution is -3.00. The van der Waals surface area contributed by atoms with Crippen LogP contribution < -0.4 is 21.5 Å². The van der Waals surface area contributed by atoms with Crippen molar-refractivity contribution < 1.29 is 26.7 Å². The van der Waals surface area contributed by atoms with Gasteiger partial charge in [0.1, 0.15) is 0 Å². The number of rotatable bonds is 3. The predicted molar refractivity (Wildman–Crippen MR) is 97.0 cm³/mol. The quantitative estimate of drug-likeness (QED) is 0.505. The molecule has 2 atom stereocenters. The van der Waals surface area contributed by atoms with Gasteiger partial charge in [-0.05, 0) is 24.0 Å². The van der Waals surface area contributed by atoms with Crippen LogP contribution in [0.1, 0.15) is 22.9 Å². The summed E-state index contributed by atoms with van der Waals surface area (Å²) in [5.41, 5.74) is 2.32. The van der Waals surface area contributed by atoms with E-state index in [2.05, 4.69) is 59.5 Å². The molecule has 0 spiro atoms. The average molecular weight is 414 g/mol. The summed E-state index contributed by atoms with van der Waals surface area (Å²) in [5.74, 6) is 0. The van der Waals surface area contributed by atoms with E-state index in [1.165, 1.54) is 4.90 Å². The van der Waals surface area contributed by atoms with Crippen molar-refractivity contribution in [3.63, 3.8) is 0 Å². The van der Waals surface area contributed by atoms with E-state index in [0.717, 1.165) is 16.8 Å². The Morgan fingerprint density at radius 1 is 0.960 bits per heavy atom. The molecule has 4 heteroatoms. The summed E-state index contributed by atoms with van der Waals surface area (Å²) in [6.45, 7) is 0. The summed E-state index contributed by atoms with van der Waals surface area (Å²) in [5, 5.41) is 11.7. The number of hydrogen-bond donors (Lipinski definition) is 1. The van der Waals surface area contributed by atoms with Gasteiger partial charge < -0.3 is 22.1 Å². The van der Waals surface area contributed by atoms with Gasteiger partial charge in [-0.15, -0.1) is 11.8 Å². The molecule has 25 heavy (non-hydrogen) atoms. The first kappa shape index (κ1) is 18.2. The van der Waals surface area contributed by atoms with Crippen LogP contribution in [0, 0.1) is 0 Å². The lowest BCUT2D eigenvalue weighted by atomic mass is 9.82. The van der Waals surface area contributed by atoms with Crippen molar-refractivity contribution in [3.05, 3.63) is 95.8 Å². The van der Waals surface area contributed by atoms with E-state index in [9.17, 15) is 5.11 Å². The van der Waals surface area contributed by atoms with E-state index in [0.29, 0.717) is 6.42 Å². The SMILES string of the molecule is CSc1ccc(C2(O)Cc3cccc[n+]3C2c2ccccc2)cc1.[Br-]. The van der Waals surface area contributed by atoms with Crippen LogP contribution in [-0.2, 0) is 12.0 Å². The minimum absolute atomic E-state index is 0. The average Bonchev–Trinajstić information content (AvgIpc) is 2.95. The Morgan fingerprint density at radius 2 is 1.64 bits per heavy atom. The summed E-state index contributed by atoms with van der Waals surface area (Å²) < 4.78 is 2.21. The van der Waals surface area contributed by atoms with Crippen LogP contribution in [0.5, 0.6) is 0 Å². The van der Waals surface area contributed by atoms with Crippen LogP contribution in [0.15, 0.2) is 83.9 Å². The summed E-state index contributed by atoms with van der Waals surface area (Å²) in [7, 11) is 0. The van der Waals surface area contributed by atoms with Crippen LogP contribution in [0.2, 0.25) is 0 Å². The highest BCUT2D eigenvalue weighted by molar-refractivity contribution is 7.98. The van der Waals surface area contributed by atoms with Gasteiger partial charge in [0.2, 0.25) is 6.04 Å². The van der Waals surface area contributed by atoms with Crippen LogP contribution in [0.4, 0.5) is 0 Å². The van der Waals surface area contributed by atoms with Gasteiger partial charge in [-0.2, -0.15) is 4.57 Å². The van der Waals surface area contributed by atoms with Crippen molar-refractivity contribution in [2.75, 3.05) is 6.26 Å². The van der Waals surface area contributed by atoms with Crippen LogP contribution in [-0.4, -0.2) is 11.4 Å². The Morgan fingerprint density at radius 3 is 2.32 bits per heavy atom. The van der Waals surface area contributed by atoms with Crippen molar-refractivity contribution in [2.45, 2.75) is 23.0 Å². The second kappa shape index (κ2) is 7.32. The van der Waals surface area contributed by atoms with Gasteiger partial charge >= 0.3 is 0 Å². The highest BCUT2D eigenvalue weighted by atomic mass is 79.9. The zero-order chi connectivity index (χ0) is 16.6. The Labute approximate surface area is 163 Å². The van der Waals surface area contributed by atoms with E-state index in [4.69, 9.17) is 0 Å². The standard InChI is InChI=1S/C21H20NOS.BrH/c1-24-19-12-10-17(11-13-19)21(23)15-18-9-5-6-14-22(18)20(21)16-7-3-2-4-8-16;/h2-14,20,23H,15H2,1H3;1H/q+1;/p-1. The molecule has 0 saturated heterocycles. The number of aromatic nitrogens is 1. The Kier molecular flexibility index (Phi) is 5.32. The Balaban J connectivity index is 0.00000182.